The molecule has 0 saturated carbocycles. The Balaban J connectivity index is 1.29. The van der Waals surface area contributed by atoms with Crippen molar-refractivity contribution in [3.05, 3.63) is 24.3 Å². The van der Waals surface area contributed by atoms with Gasteiger partial charge in [0.2, 0.25) is 11.9 Å². The molecule has 3 heterocycles. The lowest BCUT2D eigenvalue weighted by Crippen LogP contribution is -2.35. The van der Waals surface area contributed by atoms with E-state index in [1.165, 1.54) is 11.8 Å². The van der Waals surface area contributed by atoms with Crippen molar-refractivity contribution in [2.75, 3.05) is 50.6 Å². The van der Waals surface area contributed by atoms with Gasteiger partial charge in [-0.3, -0.25) is 9.36 Å². The Bertz CT molecular complexity index is 926. The average molecular weight is 490 g/mol. The zero-order valence-corrected chi connectivity index (χ0v) is 20.9. The Morgan fingerprint density at radius 1 is 1.21 bits per heavy atom. The molecule has 0 aliphatic carbocycles. The topological polar surface area (TPSA) is 90.7 Å². The van der Waals surface area contributed by atoms with Gasteiger partial charge >= 0.3 is 0 Å². The maximum Gasteiger partial charge on any atom is 0.230 e. The molecule has 1 amide bonds. The first-order valence-corrected chi connectivity index (χ1v) is 13.1. The molecular formula is C24H35N5O4S. The molecule has 9 nitrogen and oxygen atoms in total. The van der Waals surface area contributed by atoms with Crippen molar-refractivity contribution in [2.45, 2.75) is 50.4 Å². The number of benzene rings is 1. The number of anilines is 1. The van der Waals surface area contributed by atoms with E-state index in [0.29, 0.717) is 24.7 Å². The molecule has 10 heteroatoms. The van der Waals surface area contributed by atoms with Crippen molar-refractivity contribution in [1.29, 1.82) is 0 Å². The number of thioether (sulfide) groups is 1. The van der Waals surface area contributed by atoms with Crippen LogP contribution in [0.1, 0.15) is 32.6 Å². The maximum absolute atomic E-state index is 12.4. The minimum atomic E-state index is -0.0614. The van der Waals surface area contributed by atoms with Gasteiger partial charge in [-0.2, -0.15) is 0 Å². The highest BCUT2D eigenvalue weighted by Crippen LogP contribution is 2.28. The van der Waals surface area contributed by atoms with Crippen LogP contribution >= 0.6 is 11.8 Å². The predicted molar refractivity (Wildman–Crippen MR) is 132 cm³/mol. The molecule has 0 radical (unpaired) electrons. The Kier molecular flexibility index (Phi) is 8.92. The molecule has 1 aromatic heterocycles. The molecule has 1 N–H and O–H groups in total. The van der Waals surface area contributed by atoms with Crippen LogP contribution in [0.25, 0.3) is 0 Å². The van der Waals surface area contributed by atoms with Crippen molar-refractivity contribution < 1.29 is 19.0 Å². The van der Waals surface area contributed by atoms with Crippen LogP contribution in [0, 0.1) is 5.92 Å². The number of piperidine rings is 1. The second-order valence-electron chi connectivity index (χ2n) is 8.84. The lowest BCUT2D eigenvalue weighted by molar-refractivity contribution is -0.118. The molecule has 0 bridgehead atoms. The number of nitrogens with one attached hydrogen (secondary N) is 1. The van der Waals surface area contributed by atoms with Crippen LogP contribution in [0.2, 0.25) is 0 Å². The molecule has 2 aliphatic rings. The van der Waals surface area contributed by atoms with E-state index in [9.17, 15) is 4.79 Å². The maximum atomic E-state index is 12.4. The standard InChI is InChI=1S/C24H35N5O4S/c1-18-9-12-28(13-10-18)23-26-27-24(29(23)16-19-6-5-14-32-19)34-17-22(30)25-11-15-33-21-8-4-3-7-20(21)31-2/h3-4,7-8,18-19H,5-6,9-17H2,1-2H3,(H,25,30). The summed E-state index contributed by atoms with van der Waals surface area (Å²) in [5.41, 5.74) is 0. The summed E-state index contributed by atoms with van der Waals surface area (Å²) >= 11 is 1.42. The summed E-state index contributed by atoms with van der Waals surface area (Å²) in [6.07, 6.45) is 4.64. The second kappa shape index (κ2) is 12.3. The van der Waals surface area contributed by atoms with Crippen LogP contribution in [0.15, 0.2) is 29.4 Å². The highest BCUT2D eigenvalue weighted by molar-refractivity contribution is 7.99. The van der Waals surface area contributed by atoms with Gasteiger partial charge in [0.25, 0.3) is 0 Å². The molecule has 2 saturated heterocycles. The number of hydrogen-bond donors (Lipinski definition) is 1. The van der Waals surface area contributed by atoms with Gasteiger partial charge in [0.15, 0.2) is 16.7 Å². The zero-order chi connectivity index (χ0) is 23.8. The third-order valence-electron chi connectivity index (χ3n) is 6.26. The fraction of sp³-hybridized carbons (Fsp3) is 0.625. The lowest BCUT2D eigenvalue weighted by atomic mass is 10.00. The number of carbonyl (C=O) groups excluding carboxylic acids is 1. The van der Waals surface area contributed by atoms with Crippen LogP contribution in [-0.4, -0.2) is 72.5 Å². The van der Waals surface area contributed by atoms with Crippen LogP contribution in [-0.2, 0) is 16.1 Å². The minimum Gasteiger partial charge on any atom is -0.493 e. The van der Waals surface area contributed by atoms with E-state index in [2.05, 4.69) is 31.9 Å². The van der Waals surface area contributed by atoms with Gasteiger partial charge in [-0.15, -0.1) is 10.2 Å². The average Bonchev–Trinajstić information content (AvgIpc) is 3.52. The molecule has 4 rings (SSSR count). The predicted octanol–water partition coefficient (Wildman–Crippen LogP) is 2.99. The summed E-state index contributed by atoms with van der Waals surface area (Å²) in [6.45, 7) is 6.59. The Hall–Kier alpha value is -2.46. The van der Waals surface area contributed by atoms with Gasteiger partial charge in [-0.1, -0.05) is 30.8 Å². The molecule has 2 aliphatic heterocycles. The molecule has 2 aromatic rings. The van der Waals surface area contributed by atoms with E-state index in [4.69, 9.17) is 14.2 Å². The quantitative estimate of drug-likeness (QED) is 0.381. The monoisotopic (exact) mass is 489 g/mol. The number of para-hydroxylation sites is 2. The van der Waals surface area contributed by atoms with E-state index in [-0.39, 0.29) is 17.8 Å². The third kappa shape index (κ3) is 6.56. The molecule has 186 valence electrons. The number of methoxy groups -OCH3 is 1. The SMILES string of the molecule is COc1ccccc1OCCNC(=O)CSc1nnc(N2CCC(C)CC2)n1CC1CCCO1. The van der Waals surface area contributed by atoms with Crippen molar-refractivity contribution in [2.24, 2.45) is 5.92 Å². The number of hydrogen-bond acceptors (Lipinski definition) is 8. The number of amides is 1. The minimum absolute atomic E-state index is 0.0614. The molecule has 0 spiro atoms. The zero-order valence-electron chi connectivity index (χ0n) is 20.1. The highest BCUT2D eigenvalue weighted by Gasteiger charge is 2.26. The number of carbonyl (C=O) groups is 1. The van der Waals surface area contributed by atoms with E-state index >= 15 is 0 Å². The summed E-state index contributed by atoms with van der Waals surface area (Å²) in [5.74, 6) is 3.19. The summed E-state index contributed by atoms with van der Waals surface area (Å²) in [7, 11) is 1.61. The summed E-state index contributed by atoms with van der Waals surface area (Å²) in [6, 6.07) is 7.46. The number of nitrogens with zero attached hydrogens (tertiary/aromatic N) is 4. The van der Waals surface area contributed by atoms with Crippen LogP contribution in [0.3, 0.4) is 0 Å². The van der Waals surface area contributed by atoms with E-state index < -0.39 is 0 Å². The first-order chi connectivity index (χ1) is 16.6. The van der Waals surface area contributed by atoms with Gasteiger partial charge in [0, 0.05) is 19.7 Å². The van der Waals surface area contributed by atoms with Crippen molar-refractivity contribution in [1.82, 2.24) is 20.1 Å². The lowest BCUT2D eigenvalue weighted by Gasteiger charge is -2.31. The van der Waals surface area contributed by atoms with Crippen LogP contribution in [0.5, 0.6) is 11.5 Å². The summed E-state index contributed by atoms with van der Waals surface area (Å²) < 4.78 is 19.0. The number of ether oxygens (including phenoxy) is 3. The van der Waals surface area contributed by atoms with Crippen LogP contribution < -0.4 is 19.7 Å². The van der Waals surface area contributed by atoms with Crippen molar-refractivity contribution in [3.63, 3.8) is 0 Å². The van der Waals surface area contributed by atoms with Crippen LogP contribution in [0.4, 0.5) is 5.95 Å². The second-order valence-corrected chi connectivity index (χ2v) is 9.78. The Morgan fingerprint density at radius 2 is 2.00 bits per heavy atom. The Labute approximate surface area is 205 Å². The number of rotatable bonds is 11. The number of aromatic nitrogens is 3. The molecule has 1 atom stereocenters. The molecule has 1 unspecified atom stereocenters. The summed E-state index contributed by atoms with van der Waals surface area (Å²) in [5, 5.41) is 12.6. The van der Waals surface area contributed by atoms with Gasteiger partial charge in [0.1, 0.15) is 6.61 Å². The fourth-order valence-electron chi connectivity index (χ4n) is 4.25. The smallest absolute Gasteiger partial charge is 0.230 e. The Morgan fingerprint density at radius 3 is 2.74 bits per heavy atom. The molecule has 2 fully saturated rings. The highest BCUT2D eigenvalue weighted by atomic mass is 32.2. The van der Waals surface area contributed by atoms with E-state index in [1.807, 2.05) is 24.3 Å². The van der Waals surface area contributed by atoms with Gasteiger partial charge in [-0.05, 0) is 43.7 Å². The van der Waals surface area contributed by atoms with Crippen molar-refractivity contribution >= 4 is 23.6 Å². The van der Waals surface area contributed by atoms with Gasteiger partial charge < -0.3 is 24.4 Å². The van der Waals surface area contributed by atoms with E-state index in [1.54, 1.807) is 7.11 Å². The third-order valence-corrected chi connectivity index (χ3v) is 7.22. The van der Waals surface area contributed by atoms with Gasteiger partial charge in [-0.25, -0.2) is 0 Å². The molecular weight excluding hydrogens is 454 g/mol. The van der Waals surface area contributed by atoms with Crippen molar-refractivity contribution in [3.8, 4) is 11.5 Å². The largest absolute Gasteiger partial charge is 0.493 e. The normalized spacial score (nSPS) is 18.8. The first kappa shape index (κ1) is 24.7. The summed E-state index contributed by atoms with van der Waals surface area (Å²) in [4.78, 5) is 14.8. The molecule has 1 aromatic carbocycles. The molecule has 34 heavy (non-hydrogen) atoms. The fourth-order valence-corrected chi connectivity index (χ4v) is 5.03. The van der Waals surface area contributed by atoms with Gasteiger partial charge in [0.05, 0.1) is 32.1 Å². The first-order valence-electron chi connectivity index (χ1n) is 12.1. The van der Waals surface area contributed by atoms with E-state index in [0.717, 1.165) is 68.9 Å².